The Labute approximate surface area is 232 Å². The quantitative estimate of drug-likeness (QED) is 0.170. The van der Waals surface area contributed by atoms with Gasteiger partial charge in [-0.2, -0.15) is 19.2 Å². The van der Waals surface area contributed by atoms with Gasteiger partial charge in [-0.05, 0) is 43.9 Å². The predicted octanol–water partition coefficient (Wildman–Crippen LogP) is 5.28. The Morgan fingerprint density at radius 3 is 1.95 bits per heavy atom. The topological polar surface area (TPSA) is 131 Å². The minimum atomic E-state index is 0.360. The van der Waals surface area contributed by atoms with Crippen LogP contribution in [0.4, 0.5) is 23.1 Å². The molecule has 2 saturated carbocycles. The highest BCUT2D eigenvalue weighted by Gasteiger charge is 2.24. The van der Waals surface area contributed by atoms with Crippen molar-refractivity contribution in [2.24, 2.45) is 0 Å². The summed E-state index contributed by atoms with van der Waals surface area (Å²) < 4.78 is 3.26. The first-order valence-electron chi connectivity index (χ1n) is 12.4. The number of aromatic nitrogens is 6. The second-order valence-electron chi connectivity index (χ2n) is 9.37. The van der Waals surface area contributed by atoms with E-state index in [0.717, 1.165) is 55.6 Å². The first kappa shape index (κ1) is 25.1. The van der Waals surface area contributed by atoms with E-state index in [2.05, 4.69) is 36.1 Å². The van der Waals surface area contributed by atoms with Crippen molar-refractivity contribution in [2.75, 3.05) is 16.0 Å². The molecule has 0 spiro atoms. The van der Waals surface area contributed by atoms with Crippen LogP contribution in [-0.2, 0) is 0 Å². The molecule has 39 heavy (non-hydrogen) atoms. The van der Waals surface area contributed by atoms with Crippen molar-refractivity contribution in [3.63, 3.8) is 0 Å². The van der Waals surface area contributed by atoms with Gasteiger partial charge in [-0.15, -0.1) is 0 Å². The lowest BCUT2D eigenvalue weighted by atomic mass is 10.3. The number of fused-ring (bicyclic) bond motifs is 2. The Hall–Kier alpha value is -4.22. The number of hydrogen-bond donors (Lipinski definition) is 3. The van der Waals surface area contributed by atoms with Crippen molar-refractivity contribution in [1.82, 2.24) is 29.2 Å². The minimum Gasteiger partial charge on any atom is -0.367 e. The number of benzene rings is 1. The average Bonchev–Trinajstić information content (AvgIpc) is 3.83. The van der Waals surface area contributed by atoms with E-state index < -0.39 is 0 Å². The van der Waals surface area contributed by atoms with Gasteiger partial charge in [0.25, 0.3) is 0 Å². The maximum Gasteiger partial charge on any atom is 0.170 e. The maximum absolute atomic E-state index is 11.2. The highest BCUT2D eigenvalue weighted by molar-refractivity contribution is 6.30. The highest BCUT2D eigenvalue weighted by Crippen LogP contribution is 2.29. The van der Waals surface area contributed by atoms with Gasteiger partial charge in [-0.25, -0.2) is 9.97 Å². The van der Waals surface area contributed by atoms with Crippen LogP contribution in [-0.4, -0.2) is 53.9 Å². The lowest BCUT2D eigenvalue weighted by molar-refractivity contribution is 0.111. The van der Waals surface area contributed by atoms with Gasteiger partial charge < -0.3 is 16.0 Å². The van der Waals surface area contributed by atoms with Crippen LogP contribution in [0, 0.1) is 0 Å². The van der Waals surface area contributed by atoms with Crippen molar-refractivity contribution < 1.29 is 9.59 Å². The van der Waals surface area contributed by atoms with E-state index >= 15 is 0 Å². The molecule has 0 radical (unpaired) electrons. The summed E-state index contributed by atoms with van der Waals surface area (Å²) in [4.78, 5) is 30.6. The number of anilines is 4. The average molecular weight is 564 g/mol. The van der Waals surface area contributed by atoms with Gasteiger partial charge in [0.1, 0.15) is 22.6 Å². The molecule has 2 fully saturated rings. The molecule has 1 aromatic carbocycles. The van der Waals surface area contributed by atoms with Gasteiger partial charge in [-0.1, -0.05) is 29.3 Å². The fourth-order valence-electron chi connectivity index (χ4n) is 3.95. The molecule has 2 aliphatic rings. The summed E-state index contributed by atoms with van der Waals surface area (Å²) in [5.41, 5.74) is 2.75. The maximum atomic E-state index is 11.2. The van der Waals surface area contributed by atoms with Crippen LogP contribution in [0.15, 0.2) is 48.8 Å². The second kappa shape index (κ2) is 10.5. The number of nitrogens with zero attached hydrogens (tertiary/aromatic N) is 6. The minimum absolute atomic E-state index is 0.360. The van der Waals surface area contributed by atoms with Crippen molar-refractivity contribution in [3.05, 3.63) is 70.1 Å². The molecule has 0 atom stereocenters. The monoisotopic (exact) mass is 563 g/mol. The van der Waals surface area contributed by atoms with E-state index in [1.807, 2.05) is 30.3 Å². The molecule has 2 aliphatic carbocycles. The van der Waals surface area contributed by atoms with E-state index in [0.29, 0.717) is 50.5 Å². The molecule has 4 aromatic heterocycles. The largest absolute Gasteiger partial charge is 0.367 e. The van der Waals surface area contributed by atoms with E-state index in [4.69, 9.17) is 23.2 Å². The summed E-state index contributed by atoms with van der Waals surface area (Å²) in [6.07, 6.45) is 9.10. The van der Waals surface area contributed by atoms with Gasteiger partial charge in [-0.3, -0.25) is 9.59 Å². The molecule has 7 rings (SSSR count). The van der Waals surface area contributed by atoms with Crippen LogP contribution in [0.25, 0.3) is 11.3 Å². The molecule has 0 saturated heterocycles. The third-order valence-electron chi connectivity index (χ3n) is 6.18. The van der Waals surface area contributed by atoms with Crippen LogP contribution < -0.4 is 16.0 Å². The Kier molecular flexibility index (Phi) is 6.76. The first-order chi connectivity index (χ1) is 19.0. The molecule has 0 aliphatic heterocycles. The van der Waals surface area contributed by atoms with E-state index in [-0.39, 0.29) is 0 Å². The van der Waals surface area contributed by atoms with Gasteiger partial charge in [0.2, 0.25) is 0 Å². The summed E-state index contributed by atoms with van der Waals surface area (Å²) in [6, 6.07) is 11.9. The standard InChI is InChI=1S/C16H14ClN5O.C10H9ClN4O/c17-11-2-1-3-13(6-11)19-14-7-15(20-12-4-5-12)22-16(21-14)10(9-23)8-18-22;11-8-3-9(13-7-1-2-7)15-10(14-8)6(5-16)4-12-15/h1-3,6-9,12,20H,4-5H2,(H,19,21);3-5,7,13H,1-2H2. The van der Waals surface area contributed by atoms with Crippen LogP contribution in [0.1, 0.15) is 46.4 Å². The molecule has 3 N–H and O–H groups in total. The molecule has 4 heterocycles. The lowest BCUT2D eigenvalue weighted by Gasteiger charge is -2.11. The molecule has 0 unspecified atom stereocenters. The van der Waals surface area contributed by atoms with Crippen LogP contribution in [0.5, 0.6) is 0 Å². The van der Waals surface area contributed by atoms with E-state index in [1.165, 1.54) is 12.4 Å². The highest BCUT2D eigenvalue weighted by atomic mass is 35.5. The molecule has 11 nitrogen and oxygen atoms in total. The normalized spacial score (nSPS) is 14.5. The number of nitrogens with one attached hydrogen (secondary N) is 3. The number of halogens is 2. The molecular formula is C26H23Cl2N9O2. The third kappa shape index (κ3) is 5.64. The number of carbonyl (C=O) groups is 2. The van der Waals surface area contributed by atoms with Crippen LogP contribution >= 0.6 is 23.2 Å². The summed E-state index contributed by atoms with van der Waals surface area (Å²) in [7, 11) is 0. The summed E-state index contributed by atoms with van der Waals surface area (Å²) in [5.74, 6) is 2.23. The molecule has 5 aromatic rings. The third-order valence-corrected chi connectivity index (χ3v) is 6.61. The molecule has 0 amide bonds. The van der Waals surface area contributed by atoms with Gasteiger partial charge in [0.05, 0.1) is 23.5 Å². The Bertz CT molecular complexity index is 1690. The van der Waals surface area contributed by atoms with Crippen molar-refractivity contribution in [2.45, 2.75) is 37.8 Å². The number of carbonyl (C=O) groups excluding carboxylic acids is 2. The van der Waals surface area contributed by atoms with Gasteiger partial charge in [0, 0.05) is 34.9 Å². The van der Waals surface area contributed by atoms with Crippen molar-refractivity contribution in [3.8, 4) is 0 Å². The van der Waals surface area contributed by atoms with Crippen LogP contribution in [0.3, 0.4) is 0 Å². The van der Waals surface area contributed by atoms with E-state index in [9.17, 15) is 9.59 Å². The molecule has 198 valence electrons. The Balaban J connectivity index is 0.000000151. The first-order valence-corrected chi connectivity index (χ1v) is 13.2. The SMILES string of the molecule is O=Cc1cnn2c(NC3CC3)cc(Cl)nc12.O=Cc1cnn2c(NC3CC3)cc(Nc3cccc(Cl)c3)nc12. The number of aldehydes is 2. The molecular weight excluding hydrogens is 541 g/mol. The molecule has 13 heteroatoms. The summed E-state index contributed by atoms with van der Waals surface area (Å²) in [6.45, 7) is 0. The Morgan fingerprint density at radius 1 is 0.795 bits per heavy atom. The fraction of sp³-hybridized carbons (Fsp3) is 0.231. The lowest BCUT2D eigenvalue weighted by Crippen LogP contribution is -2.09. The second-order valence-corrected chi connectivity index (χ2v) is 10.2. The summed E-state index contributed by atoms with van der Waals surface area (Å²) in [5, 5.41) is 19.3. The van der Waals surface area contributed by atoms with Crippen molar-refractivity contribution >= 4 is 70.2 Å². The number of hydrogen-bond acceptors (Lipinski definition) is 9. The number of rotatable bonds is 8. The predicted molar refractivity (Wildman–Crippen MR) is 150 cm³/mol. The van der Waals surface area contributed by atoms with Gasteiger partial charge in [0.15, 0.2) is 23.9 Å². The van der Waals surface area contributed by atoms with Gasteiger partial charge >= 0.3 is 0 Å². The smallest absolute Gasteiger partial charge is 0.170 e. The zero-order valence-electron chi connectivity index (χ0n) is 20.5. The van der Waals surface area contributed by atoms with Crippen LogP contribution in [0.2, 0.25) is 10.2 Å². The molecule has 0 bridgehead atoms. The van der Waals surface area contributed by atoms with Crippen molar-refractivity contribution in [1.29, 1.82) is 0 Å². The summed E-state index contributed by atoms with van der Waals surface area (Å²) >= 11 is 11.9. The zero-order valence-corrected chi connectivity index (χ0v) is 22.0. The zero-order chi connectivity index (χ0) is 26.9. The fourth-order valence-corrected chi connectivity index (χ4v) is 4.33. The van der Waals surface area contributed by atoms with E-state index in [1.54, 1.807) is 15.1 Å². The Morgan fingerprint density at radius 2 is 1.38 bits per heavy atom.